The molecule has 6 nitrogen and oxygen atoms in total. The van der Waals surface area contributed by atoms with Gasteiger partial charge in [0.15, 0.2) is 5.75 Å². The third-order valence-electron chi connectivity index (χ3n) is 4.03. The molecule has 0 amide bonds. The first kappa shape index (κ1) is 19.8. The van der Waals surface area contributed by atoms with Crippen molar-refractivity contribution in [3.63, 3.8) is 0 Å². The Kier molecular flexibility index (Phi) is 6.20. The molecule has 8 heteroatoms. The molecule has 0 aliphatic carbocycles. The Morgan fingerprint density at radius 3 is 2.36 bits per heavy atom. The SMILES string of the molecule is CCCOc1c(-c2ccc(C[SH](=O)=O)cc2)cnn(-c2ccc(F)cc2)c1=O. The van der Waals surface area contributed by atoms with Crippen molar-refractivity contribution in [2.24, 2.45) is 0 Å². The molecule has 0 N–H and O–H groups in total. The van der Waals surface area contributed by atoms with Gasteiger partial charge in [0.25, 0.3) is 0 Å². The van der Waals surface area contributed by atoms with Crippen molar-refractivity contribution in [1.29, 1.82) is 0 Å². The van der Waals surface area contributed by atoms with Gasteiger partial charge in [-0.25, -0.2) is 12.8 Å². The highest BCUT2D eigenvalue weighted by Crippen LogP contribution is 2.27. The molecule has 28 heavy (non-hydrogen) atoms. The van der Waals surface area contributed by atoms with Crippen LogP contribution in [0.1, 0.15) is 18.9 Å². The lowest BCUT2D eigenvalue weighted by atomic mass is 10.1. The number of halogens is 1. The van der Waals surface area contributed by atoms with Gasteiger partial charge in [-0.1, -0.05) is 31.2 Å². The van der Waals surface area contributed by atoms with Crippen LogP contribution in [0.15, 0.2) is 59.5 Å². The van der Waals surface area contributed by atoms with E-state index in [9.17, 15) is 17.6 Å². The summed E-state index contributed by atoms with van der Waals surface area (Å²) in [5, 5.41) is 4.20. The van der Waals surface area contributed by atoms with Crippen molar-refractivity contribution in [3.05, 3.63) is 76.5 Å². The Morgan fingerprint density at radius 2 is 1.75 bits per heavy atom. The minimum absolute atomic E-state index is 0.0424. The van der Waals surface area contributed by atoms with E-state index in [4.69, 9.17) is 4.74 Å². The zero-order valence-corrected chi connectivity index (χ0v) is 16.1. The van der Waals surface area contributed by atoms with E-state index in [-0.39, 0.29) is 11.5 Å². The molecular weight excluding hydrogens is 383 g/mol. The van der Waals surface area contributed by atoms with E-state index >= 15 is 0 Å². The average molecular weight is 402 g/mol. The van der Waals surface area contributed by atoms with Crippen LogP contribution >= 0.6 is 0 Å². The average Bonchev–Trinajstić information content (AvgIpc) is 2.68. The van der Waals surface area contributed by atoms with E-state index in [0.717, 1.165) is 4.68 Å². The third kappa shape index (κ3) is 4.45. The quantitative estimate of drug-likeness (QED) is 0.615. The number of nitrogens with zero attached hydrogens (tertiary/aromatic N) is 2. The highest BCUT2D eigenvalue weighted by molar-refractivity contribution is 7.71. The summed E-state index contributed by atoms with van der Waals surface area (Å²) in [5.74, 6) is -0.307. The molecule has 146 valence electrons. The number of rotatable bonds is 7. The van der Waals surface area contributed by atoms with Crippen molar-refractivity contribution >= 4 is 10.7 Å². The van der Waals surface area contributed by atoms with Gasteiger partial charge in [-0.15, -0.1) is 0 Å². The first-order chi connectivity index (χ1) is 13.5. The summed E-state index contributed by atoms with van der Waals surface area (Å²) in [6.07, 6.45) is 2.23. The molecule has 0 saturated heterocycles. The topological polar surface area (TPSA) is 78.3 Å². The van der Waals surface area contributed by atoms with Crippen LogP contribution in [0.3, 0.4) is 0 Å². The first-order valence-corrected chi connectivity index (χ1v) is 10.1. The fourth-order valence-electron chi connectivity index (χ4n) is 2.69. The fourth-order valence-corrected chi connectivity index (χ4v) is 3.20. The van der Waals surface area contributed by atoms with Crippen LogP contribution in [-0.4, -0.2) is 24.8 Å². The van der Waals surface area contributed by atoms with E-state index in [1.165, 1.54) is 30.5 Å². The number of benzene rings is 2. The number of thiol groups is 1. The fraction of sp³-hybridized carbons (Fsp3) is 0.200. The highest BCUT2D eigenvalue weighted by Gasteiger charge is 2.16. The molecule has 0 aliphatic rings. The molecule has 0 fully saturated rings. The van der Waals surface area contributed by atoms with Crippen molar-refractivity contribution < 1.29 is 17.5 Å². The van der Waals surface area contributed by atoms with E-state index in [1.807, 2.05) is 6.92 Å². The zero-order chi connectivity index (χ0) is 20.1. The predicted octanol–water partition coefficient (Wildman–Crippen LogP) is 2.94. The summed E-state index contributed by atoms with van der Waals surface area (Å²) in [6, 6.07) is 12.3. The largest absolute Gasteiger partial charge is 0.487 e. The molecule has 0 aliphatic heterocycles. The molecule has 3 rings (SSSR count). The van der Waals surface area contributed by atoms with Gasteiger partial charge in [-0.3, -0.25) is 4.79 Å². The number of aromatic nitrogens is 2. The predicted molar refractivity (Wildman–Crippen MR) is 105 cm³/mol. The van der Waals surface area contributed by atoms with E-state index < -0.39 is 22.1 Å². The lowest BCUT2D eigenvalue weighted by molar-refractivity contribution is 0.312. The summed E-state index contributed by atoms with van der Waals surface area (Å²) in [4.78, 5) is 13.0. The van der Waals surface area contributed by atoms with Crippen LogP contribution in [0.2, 0.25) is 0 Å². The minimum Gasteiger partial charge on any atom is -0.487 e. The normalized spacial score (nSPS) is 11.0. The molecule has 1 heterocycles. The summed E-state index contributed by atoms with van der Waals surface area (Å²) < 4.78 is 41.8. The lowest BCUT2D eigenvalue weighted by Crippen LogP contribution is -2.24. The maximum absolute atomic E-state index is 13.2. The first-order valence-electron chi connectivity index (χ1n) is 8.71. The molecule has 0 atom stereocenters. The molecule has 0 bridgehead atoms. The molecule has 1 aromatic heterocycles. The van der Waals surface area contributed by atoms with Crippen LogP contribution in [-0.2, 0) is 16.5 Å². The van der Waals surface area contributed by atoms with Gasteiger partial charge in [0.05, 0.1) is 24.2 Å². The maximum Gasteiger partial charge on any atom is 0.314 e. The van der Waals surface area contributed by atoms with Crippen LogP contribution < -0.4 is 10.3 Å². The summed E-state index contributed by atoms with van der Waals surface area (Å²) in [7, 11) is -2.51. The summed E-state index contributed by atoms with van der Waals surface area (Å²) in [5.41, 5.74) is 1.82. The van der Waals surface area contributed by atoms with Crippen LogP contribution in [0.5, 0.6) is 5.75 Å². The highest BCUT2D eigenvalue weighted by atomic mass is 32.2. The molecule has 2 aromatic carbocycles. The van der Waals surface area contributed by atoms with E-state index in [1.54, 1.807) is 24.3 Å². The second-order valence-electron chi connectivity index (χ2n) is 6.12. The number of hydrogen-bond acceptors (Lipinski definition) is 5. The van der Waals surface area contributed by atoms with E-state index in [2.05, 4.69) is 5.10 Å². The van der Waals surface area contributed by atoms with Crippen molar-refractivity contribution in [2.45, 2.75) is 19.1 Å². The Morgan fingerprint density at radius 1 is 1.07 bits per heavy atom. The van der Waals surface area contributed by atoms with Crippen molar-refractivity contribution in [3.8, 4) is 22.6 Å². The van der Waals surface area contributed by atoms with Gasteiger partial charge in [0.2, 0.25) is 0 Å². The Bertz CT molecular complexity index is 1080. The van der Waals surface area contributed by atoms with Gasteiger partial charge in [0, 0.05) is 5.56 Å². The molecule has 0 saturated carbocycles. The standard InChI is InChI=1S/C20H19FN2O4S/c1-2-11-27-19-18(15-5-3-14(4-6-15)13-28(25)26)12-22-23(20(19)24)17-9-7-16(21)8-10-17/h3-10,12,28H,2,11,13H2,1H3. The van der Waals surface area contributed by atoms with Gasteiger partial charge >= 0.3 is 5.56 Å². The van der Waals surface area contributed by atoms with Crippen LogP contribution in [0.25, 0.3) is 16.8 Å². The second-order valence-corrected chi connectivity index (χ2v) is 7.10. The third-order valence-corrected chi connectivity index (χ3v) is 4.66. The smallest absolute Gasteiger partial charge is 0.314 e. The minimum atomic E-state index is -2.51. The number of ether oxygens (including phenoxy) is 1. The maximum atomic E-state index is 13.2. The molecule has 3 aromatic rings. The van der Waals surface area contributed by atoms with Gasteiger partial charge in [0.1, 0.15) is 16.5 Å². The molecular formula is C20H19FN2O4S. The Hall–Kier alpha value is -3.00. The lowest BCUT2D eigenvalue weighted by Gasteiger charge is -2.13. The van der Waals surface area contributed by atoms with Crippen LogP contribution in [0.4, 0.5) is 4.39 Å². The number of hydrogen-bond donors (Lipinski definition) is 1. The van der Waals surface area contributed by atoms with Crippen molar-refractivity contribution in [2.75, 3.05) is 6.61 Å². The summed E-state index contributed by atoms with van der Waals surface area (Å²) in [6.45, 7) is 2.28. The van der Waals surface area contributed by atoms with Crippen molar-refractivity contribution in [1.82, 2.24) is 9.78 Å². The van der Waals surface area contributed by atoms with Crippen LogP contribution in [0, 0.1) is 5.82 Å². The van der Waals surface area contributed by atoms with Gasteiger partial charge in [-0.05, 0) is 41.8 Å². The summed E-state index contributed by atoms with van der Waals surface area (Å²) >= 11 is 0. The second kappa shape index (κ2) is 8.79. The van der Waals surface area contributed by atoms with Gasteiger partial charge < -0.3 is 4.74 Å². The molecule has 0 spiro atoms. The van der Waals surface area contributed by atoms with E-state index in [0.29, 0.717) is 35.4 Å². The molecule has 0 radical (unpaired) electrons. The Balaban J connectivity index is 2.06. The Labute approximate surface area is 163 Å². The zero-order valence-electron chi connectivity index (χ0n) is 15.2. The molecule has 0 unspecified atom stereocenters. The van der Waals surface area contributed by atoms with Gasteiger partial charge in [-0.2, -0.15) is 9.78 Å². The monoisotopic (exact) mass is 402 g/mol.